The fourth-order valence-corrected chi connectivity index (χ4v) is 4.96. The quantitative estimate of drug-likeness (QED) is 0.442. The number of pyridine rings is 2. The number of oxime groups is 1. The van der Waals surface area contributed by atoms with Crippen LogP contribution in [0.2, 0.25) is 0 Å². The molecule has 1 amide bonds. The predicted molar refractivity (Wildman–Crippen MR) is 137 cm³/mol. The predicted octanol–water partition coefficient (Wildman–Crippen LogP) is 3.73. The van der Waals surface area contributed by atoms with Crippen molar-refractivity contribution in [2.24, 2.45) is 22.9 Å². The van der Waals surface area contributed by atoms with E-state index < -0.39 is 5.82 Å². The van der Waals surface area contributed by atoms with Gasteiger partial charge in [0.25, 0.3) is 0 Å². The van der Waals surface area contributed by atoms with Crippen molar-refractivity contribution in [3.05, 3.63) is 53.7 Å². The molecule has 8 nitrogen and oxygen atoms in total. The average molecular weight is 497 g/mol. The molecule has 2 fully saturated rings. The summed E-state index contributed by atoms with van der Waals surface area (Å²) in [6.45, 7) is 8.42. The fraction of sp³-hybridized carbons (Fsp3) is 0.556. The number of rotatable bonds is 8. The summed E-state index contributed by atoms with van der Waals surface area (Å²) in [5.41, 5.74) is 7.74. The van der Waals surface area contributed by atoms with Gasteiger partial charge in [0.1, 0.15) is 23.8 Å². The highest BCUT2D eigenvalue weighted by Gasteiger charge is 2.33. The molecular weight excluding hydrogens is 459 g/mol. The number of carbonyl (C=O) groups excluding carboxylic acids is 1. The van der Waals surface area contributed by atoms with Gasteiger partial charge in [-0.05, 0) is 74.5 Å². The highest BCUT2D eigenvalue weighted by atomic mass is 19.1. The van der Waals surface area contributed by atoms with Gasteiger partial charge in [0.05, 0.1) is 0 Å². The molecule has 0 radical (unpaired) electrons. The Morgan fingerprint density at radius 3 is 2.50 bits per heavy atom. The molecular formula is C27H37FN6O2. The van der Waals surface area contributed by atoms with Crippen molar-refractivity contribution in [3.8, 4) is 0 Å². The first-order valence-corrected chi connectivity index (χ1v) is 12.9. The third-order valence-corrected chi connectivity index (χ3v) is 6.95. The van der Waals surface area contributed by atoms with E-state index in [0.717, 1.165) is 38.0 Å². The maximum Gasteiger partial charge on any atom is 0.225 e. The maximum atomic E-state index is 14.5. The van der Waals surface area contributed by atoms with Gasteiger partial charge in [0.15, 0.2) is 5.82 Å². The van der Waals surface area contributed by atoms with E-state index in [0.29, 0.717) is 50.0 Å². The van der Waals surface area contributed by atoms with Crippen molar-refractivity contribution in [3.63, 3.8) is 0 Å². The number of piperidine rings is 2. The third kappa shape index (κ3) is 6.78. The van der Waals surface area contributed by atoms with E-state index in [2.05, 4.69) is 20.0 Å². The Kier molecular flexibility index (Phi) is 8.85. The summed E-state index contributed by atoms with van der Waals surface area (Å²) in [7, 11) is 0. The van der Waals surface area contributed by atoms with Crippen molar-refractivity contribution in [1.29, 1.82) is 0 Å². The van der Waals surface area contributed by atoms with E-state index in [-0.39, 0.29) is 23.4 Å². The number of halogens is 1. The summed E-state index contributed by atoms with van der Waals surface area (Å²) in [4.78, 5) is 31.4. The van der Waals surface area contributed by atoms with Crippen LogP contribution in [0.3, 0.4) is 0 Å². The minimum atomic E-state index is -0.399. The first-order valence-electron chi connectivity index (χ1n) is 12.9. The second kappa shape index (κ2) is 12.3. The minimum absolute atomic E-state index is 0.000239. The van der Waals surface area contributed by atoms with Gasteiger partial charge in [-0.2, -0.15) is 0 Å². The van der Waals surface area contributed by atoms with Crippen LogP contribution >= 0.6 is 0 Å². The minimum Gasteiger partial charge on any atom is -0.395 e. The molecule has 36 heavy (non-hydrogen) atoms. The Bertz CT molecular complexity index is 1050. The maximum absolute atomic E-state index is 14.5. The molecule has 0 aromatic carbocycles. The molecule has 0 bridgehead atoms. The highest BCUT2D eigenvalue weighted by Crippen LogP contribution is 2.27. The molecule has 4 heterocycles. The molecule has 0 unspecified atom stereocenters. The SMILES string of the molecule is CC(C)CO/N=C(/c1ncccc1F)C1CCN(C(=O)C2CCN(Cc3ccnc(N)c3)CC2)CC1. The lowest BCUT2D eigenvalue weighted by atomic mass is 9.88. The molecule has 0 aliphatic carbocycles. The van der Waals surface area contributed by atoms with Gasteiger partial charge in [-0.15, -0.1) is 0 Å². The van der Waals surface area contributed by atoms with Crippen molar-refractivity contribution in [2.45, 2.75) is 46.1 Å². The first kappa shape index (κ1) is 26.0. The van der Waals surface area contributed by atoms with E-state index in [1.165, 1.54) is 6.07 Å². The topological polar surface area (TPSA) is 96.9 Å². The molecule has 0 atom stereocenters. The van der Waals surface area contributed by atoms with Crippen LogP contribution in [-0.4, -0.2) is 64.2 Å². The number of hydrogen-bond acceptors (Lipinski definition) is 7. The van der Waals surface area contributed by atoms with E-state index in [4.69, 9.17) is 10.6 Å². The molecule has 2 aromatic rings. The van der Waals surface area contributed by atoms with Gasteiger partial charge >= 0.3 is 0 Å². The summed E-state index contributed by atoms with van der Waals surface area (Å²) in [5, 5.41) is 4.32. The number of nitrogen functional groups attached to an aromatic ring is 1. The van der Waals surface area contributed by atoms with Gasteiger partial charge in [-0.25, -0.2) is 9.37 Å². The van der Waals surface area contributed by atoms with Crippen LogP contribution in [0.4, 0.5) is 10.2 Å². The standard InChI is InChI=1S/C27H37FN6O2/c1-19(2)18-36-32-25(26-23(28)4-3-10-31-26)21-8-14-34(15-9-21)27(35)22-6-12-33(13-7-22)17-20-5-11-30-24(29)16-20/h3-5,10-11,16,19,21-22H,6-9,12-15,17-18H2,1-2H3,(H2,29,30)/b32-25+. The molecule has 2 aliphatic heterocycles. The zero-order valence-corrected chi connectivity index (χ0v) is 21.3. The van der Waals surface area contributed by atoms with Crippen molar-refractivity contribution >= 4 is 17.4 Å². The molecule has 2 N–H and O–H groups in total. The number of aromatic nitrogens is 2. The van der Waals surface area contributed by atoms with Crippen LogP contribution in [0.15, 0.2) is 41.8 Å². The van der Waals surface area contributed by atoms with E-state index in [9.17, 15) is 9.18 Å². The van der Waals surface area contributed by atoms with Crippen LogP contribution in [0.25, 0.3) is 0 Å². The summed E-state index contributed by atoms with van der Waals surface area (Å²) >= 11 is 0. The number of nitrogens with zero attached hydrogens (tertiary/aromatic N) is 5. The Balaban J connectivity index is 1.31. The second-order valence-electron chi connectivity index (χ2n) is 10.2. The molecule has 4 rings (SSSR count). The van der Waals surface area contributed by atoms with Gasteiger partial charge < -0.3 is 15.5 Å². The molecule has 2 aliphatic rings. The van der Waals surface area contributed by atoms with Gasteiger partial charge in [-0.1, -0.05) is 19.0 Å². The Morgan fingerprint density at radius 2 is 1.83 bits per heavy atom. The second-order valence-corrected chi connectivity index (χ2v) is 10.2. The van der Waals surface area contributed by atoms with Crippen LogP contribution in [0, 0.1) is 23.6 Å². The van der Waals surface area contributed by atoms with Crippen molar-refractivity contribution < 1.29 is 14.0 Å². The fourth-order valence-electron chi connectivity index (χ4n) is 4.96. The van der Waals surface area contributed by atoms with E-state index in [1.807, 2.05) is 30.9 Å². The van der Waals surface area contributed by atoms with Crippen LogP contribution in [0.1, 0.15) is 50.8 Å². The van der Waals surface area contributed by atoms with E-state index in [1.54, 1.807) is 18.5 Å². The lowest BCUT2D eigenvalue weighted by Gasteiger charge is -2.37. The van der Waals surface area contributed by atoms with Gasteiger partial charge in [0.2, 0.25) is 5.91 Å². The number of anilines is 1. The summed E-state index contributed by atoms with van der Waals surface area (Å²) in [5.74, 6) is 0.740. The molecule has 0 saturated carbocycles. The number of carbonyl (C=O) groups is 1. The Hall–Kier alpha value is -3.07. The van der Waals surface area contributed by atoms with Gasteiger partial charge in [0, 0.05) is 43.9 Å². The molecule has 2 aromatic heterocycles. The third-order valence-electron chi connectivity index (χ3n) is 6.95. The number of amides is 1. The van der Waals surface area contributed by atoms with Crippen LogP contribution in [-0.2, 0) is 16.2 Å². The number of likely N-dealkylation sites (tertiary alicyclic amines) is 2. The largest absolute Gasteiger partial charge is 0.395 e. The average Bonchev–Trinajstić information content (AvgIpc) is 2.87. The lowest BCUT2D eigenvalue weighted by Crippen LogP contribution is -2.46. The summed E-state index contributed by atoms with van der Waals surface area (Å²) < 4.78 is 14.5. The highest BCUT2D eigenvalue weighted by molar-refractivity contribution is 6.00. The number of hydrogen-bond donors (Lipinski definition) is 1. The molecule has 2 saturated heterocycles. The Morgan fingerprint density at radius 1 is 1.11 bits per heavy atom. The van der Waals surface area contributed by atoms with Crippen molar-refractivity contribution in [1.82, 2.24) is 19.8 Å². The van der Waals surface area contributed by atoms with Gasteiger partial charge in [-0.3, -0.25) is 14.7 Å². The smallest absolute Gasteiger partial charge is 0.225 e. The monoisotopic (exact) mass is 496 g/mol. The van der Waals surface area contributed by atoms with Crippen molar-refractivity contribution in [2.75, 3.05) is 38.5 Å². The first-order chi connectivity index (χ1) is 17.4. The lowest BCUT2D eigenvalue weighted by molar-refractivity contribution is -0.138. The van der Waals surface area contributed by atoms with Crippen LogP contribution in [0.5, 0.6) is 0 Å². The normalized spacial score (nSPS) is 18.6. The molecule has 9 heteroatoms. The number of nitrogens with two attached hydrogens (primary N) is 1. The zero-order valence-electron chi connectivity index (χ0n) is 21.3. The molecule has 194 valence electrons. The Labute approximate surface area is 212 Å². The summed E-state index contributed by atoms with van der Waals surface area (Å²) in [6, 6.07) is 6.86. The molecule has 0 spiro atoms. The summed E-state index contributed by atoms with van der Waals surface area (Å²) in [6.07, 6.45) is 6.45. The van der Waals surface area contributed by atoms with E-state index >= 15 is 0 Å². The van der Waals surface area contributed by atoms with Crippen LogP contribution < -0.4 is 5.73 Å². The zero-order chi connectivity index (χ0) is 25.5.